The van der Waals surface area contributed by atoms with E-state index in [1.807, 2.05) is 6.92 Å². The number of anilines is 1. The Labute approximate surface area is 199 Å². The molecule has 32 heavy (non-hydrogen) atoms. The van der Waals surface area contributed by atoms with Gasteiger partial charge in [0.15, 0.2) is 5.82 Å². The van der Waals surface area contributed by atoms with E-state index in [0.717, 1.165) is 10.0 Å². The van der Waals surface area contributed by atoms with Gasteiger partial charge < -0.3 is 9.47 Å². The van der Waals surface area contributed by atoms with Crippen LogP contribution in [-0.4, -0.2) is 48.1 Å². The molecule has 170 valence electrons. The molecule has 2 heterocycles. The van der Waals surface area contributed by atoms with Gasteiger partial charge in [0.05, 0.1) is 8.30 Å². The summed E-state index contributed by atoms with van der Waals surface area (Å²) in [5.74, 6) is -0.410. The van der Waals surface area contributed by atoms with E-state index < -0.39 is 29.7 Å². The van der Waals surface area contributed by atoms with Crippen molar-refractivity contribution < 1.29 is 22.0 Å². The maximum Gasteiger partial charge on any atom is 0.316 e. The molecule has 0 fully saturated rings. The van der Waals surface area contributed by atoms with E-state index in [9.17, 15) is 8.42 Å². The molecular formula is C20H23BrN6O4S. The fourth-order valence-electron chi connectivity index (χ4n) is 2.41. The summed E-state index contributed by atoms with van der Waals surface area (Å²) in [5, 5.41) is 0. The molecule has 10 nitrogen and oxygen atoms in total. The first-order chi connectivity index (χ1) is 16.5. The van der Waals surface area contributed by atoms with Gasteiger partial charge in [0.2, 0.25) is 5.88 Å². The van der Waals surface area contributed by atoms with E-state index in [-0.39, 0.29) is 29.8 Å². The minimum Gasteiger partial charge on any atom is -0.473 e. The summed E-state index contributed by atoms with van der Waals surface area (Å²) in [6.07, 6.45) is 3.00. The second-order valence-electron chi connectivity index (χ2n) is 6.44. The van der Waals surface area contributed by atoms with Crippen LogP contribution in [0.1, 0.15) is 23.0 Å². The van der Waals surface area contributed by atoms with Crippen molar-refractivity contribution in [3.63, 3.8) is 0 Å². The summed E-state index contributed by atoms with van der Waals surface area (Å²) in [4.78, 5) is 15.7. The molecule has 3 aromatic rings. The van der Waals surface area contributed by atoms with Gasteiger partial charge in [0.1, 0.15) is 20.8 Å². The molecule has 2 aromatic heterocycles. The van der Waals surface area contributed by atoms with E-state index in [4.69, 9.17) is 13.6 Å². The highest BCUT2D eigenvalue weighted by Crippen LogP contribution is 2.34. The Balaban J connectivity index is 1.95. The Morgan fingerprint density at radius 3 is 2.53 bits per heavy atom. The van der Waals surface area contributed by atoms with E-state index in [0.29, 0.717) is 12.0 Å². The van der Waals surface area contributed by atoms with Gasteiger partial charge in [0, 0.05) is 23.4 Å². The average molecular weight is 526 g/mol. The van der Waals surface area contributed by atoms with Crippen LogP contribution in [0.3, 0.4) is 0 Å². The second kappa shape index (κ2) is 11.2. The SMILES string of the molecule is [2H]c1nc(NS(=O)(=O)NCCC)c(-c2ccc(Br)cc2)c(OCC([2H])([2H])Oc2ncc(C)cn2)n1. The lowest BCUT2D eigenvalue weighted by molar-refractivity contribution is 0.202. The van der Waals surface area contributed by atoms with Crippen LogP contribution >= 0.6 is 15.9 Å². The molecule has 0 amide bonds. The molecule has 0 spiro atoms. The maximum absolute atomic E-state index is 12.5. The predicted octanol–water partition coefficient (Wildman–Crippen LogP) is 3.12. The topological polar surface area (TPSA) is 128 Å². The number of ether oxygens (including phenoxy) is 2. The number of aryl methyl sites for hydroxylation is 1. The number of hydrogen-bond donors (Lipinski definition) is 2. The van der Waals surface area contributed by atoms with E-state index in [1.165, 1.54) is 12.4 Å². The zero-order valence-corrected chi connectivity index (χ0v) is 19.7. The van der Waals surface area contributed by atoms with Crippen LogP contribution < -0.4 is 18.9 Å². The normalized spacial score (nSPS) is 13.0. The van der Waals surface area contributed by atoms with Crippen LogP contribution in [0.15, 0.2) is 47.4 Å². The third-order valence-corrected chi connectivity index (χ3v) is 5.43. The first kappa shape index (κ1) is 19.8. The van der Waals surface area contributed by atoms with Gasteiger partial charge in [-0.2, -0.15) is 13.1 Å². The number of halogens is 1. The second-order valence-corrected chi connectivity index (χ2v) is 8.85. The van der Waals surface area contributed by atoms with Crippen molar-refractivity contribution >= 4 is 32.0 Å². The Morgan fingerprint density at radius 1 is 1.12 bits per heavy atom. The molecule has 0 atom stereocenters. The monoisotopic (exact) mass is 525 g/mol. The number of rotatable bonds is 11. The minimum atomic E-state index is -4.01. The Hall–Kier alpha value is -2.83. The number of benzene rings is 1. The molecule has 2 N–H and O–H groups in total. The lowest BCUT2D eigenvalue weighted by Gasteiger charge is -2.15. The number of hydrogen-bond acceptors (Lipinski definition) is 8. The molecule has 0 aliphatic heterocycles. The quantitative estimate of drug-likeness (QED) is 0.390. The van der Waals surface area contributed by atoms with Gasteiger partial charge in [-0.15, -0.1) is 0 Å². The van der Waals surface area contributed by atoms with Crippen LogP contribution in [0.25, 0.3) is 11.1 Å². The number of nitrogens with one attached hydrogen (secondary N) is 2. The van der Waals surface area contributed by atoms with Crippen molar-refractivity contribution in [1.82, 2.24) is 24.7 Å². The van der Waals surface area contributed by atoms with Gasteiger partial charge in [-0.3, -0.25) is 4.72 Å². The molecule has 3 rings (SSSR count). The molecule has 0 saturated carbocycles. The van der Waals surface area contributed by atoms with Crippen molar-refractivity contribution in [2.75, 3.05) is 24.4 Å². The zero-order chi connectivity index (χ0) is 25.6. The summed E-state index contributed by atoms with van der Waals surface area (Å²) >= 11 is 3.34. The lowest BCUT2D eigenvalue weighted by Crippen LogP contribution is -2.31. The zero-order valence-electron chi connectivity index (χ0n) is 20.3. The molecule has 0 radical (unpaired) electrons. The largest absolute Gasteiger partial charge is 0.473 e. The van der Waals surface area contributed by atoms with Gasteiger partial charge in [-0.25, -0.2) is 19.9 Å². The molecular weight excluding hydrogens is 500 g/mol. The molecule has 12 heteroatoms. The number of nitrogens with zero attached hydrogens (tertiary/aromatic N) is 4. The van der Waals surface area contributed by atoms with Gasteiger partial charge >= 0.3 is 6.01 Å². The van der Waals surface area contributed by atoms with Gasteiger partial charge in [-0.05, 0) is 36.6 Å². The first-order valence-corrected chi connectivity index (χ1v) is 11.8. The van der Waals surface area contributed by atoms with Crippen LogP contribution in [-0.2, 0) is 10.2 Å². The first-order valence-electron chi connectivity index (χ1n) is 11.0. The van der Waals surface area contributed by atoms with Crippen LogP contribution in [0.5, 0.6) is 11.9 Å². The fraction of sp³-hybridized carbons (Fsp3) is 0.300. The minimum absolute atomic E-state index is 0.123. The van der Waals surface area contributed by atoms with E-state index >= 15 is 0 Å². The van der Waals surface area contributed by atoms with E-state index in [1.54, 1.807) is 31.2 Å². The highest BCUT2D eigenvalue weighted by atomic mass is 79.9. The summed E-state index contributed by atoms with van der Waals surface area (Å²) in [7, 11) is -4.01. The molecule has 0 unspecified atom stereocenters. The van der Waals surface area contributed by atoms with Crippen molar-refractivity contribution in [1.29, 1.82) is 0 Å². The lowest BCUT2D eigenvalue weighted by atomic mass is 10.1. The Kier molecular flexibility index (Phi) is 6.91. The summed E-state index contributed by atoms with van der Waals surface area (Å²) in [6, 6.07) is 6.59. The van der Waals surface area contributed by atoms with Crippen molar-refractivity contribution in [3.8, 4) is 23.0 Å². The van der Waals surface area contributed by atoms with Gasteiger partial charge in [0.25, 0.3) is 10.2 Å². The standard InChI is InChI=1S/C20H23BrN6O4S/c1-3-8-26-32(28,29)27-18-17(15-4-6-16(21)7-5-15)19(25-13-24-18)30-9-10-31-20-22-11-14(2)12-23-20/h4-7,11-13,26H,3,8-10H2,1-2H3,(H,24,25,27)/i10D2,13D. The van der Waals surface area contributed by atoms with Crippen LogP contribution in [0.2, 0.25) is 0 Å². The van der Waals surface area contributed by atoms with E-state index in [2.05, 4.69) is 45.3 Å². The average Bonchev–Trinajstić information content (AvgIpc) is 2.78. The predicted molar refractivity (Wildman–Crippen MR) is 124 cm³/mol. The highest BCUT2D eigenvalue weighted by molar-refractivity contribution is 9.10. The summed E-state index contributed by atoms with van der Waals surface area (Å²) in [5.41, 5.74) is 1.37. The fourth-order valence-corrected chi connectivity index (χ4v) is 3.63. The Morgan fingerprint density at radius 2 is 1.84 bits per heavy atom. The van der Waals surface area contributed by atoms with Crippen molar-refractivity contribution in [2.45, 2.75) is 20.3 Å². The molecule has 1 aromatic carbocycles. The smallest absolute Gasteiger partial charge is 0.316 e. The van der Waals surface area contributed by atoms with Crippen LogP contribution in [0.4, 0.5) is 5.82 Å². The highest BCUT2D eigenvalue weighted by Gasteiger charge is 2.19. The Bertz CT molecular complexity index is 1270. The van der Waals surface area contributed by atoms with Gasteiger partial charge in [-0.1, -0.05) is 35.0 Å². The number of aromatic nitrogens is 4. The maximum atomic E-state index is 12.5. The van der Waals surface area contributed by atoms with Crippen molar-refractivity contribution in [3.05, 3.63) is 53.0 Å². The summed E-state index contributed by atoms with van der Waals surface area (Å²) < 4.78 is 65.4. The molecule has 0 aliphatic rings. The molecule has 0 bridgehead atoms. The molecule has 0 aliphatic carbocycles. The van der Waals surface area contributed by atoms with Crippen LogP contribution in [0, 0.1) is 6.92 Å². The third-order valence-electron chi connectivity index (χ3n) is 3.86. The summed E-state index contributed by atoms with van der Waals surface area (Å²) in [6.45, 7) is 0.754. The molecule has 0 saturated heterocycles. The van der Waals surface area contributed by atoms with Crippen molar-refractivity contribution in [2.24, 2.45) is 0 Å². The third kappa shape index (κ3) is 6.84.